The van der Waals surface area contributed by atoms with Gasteiger partial charge in [0.1, 0.15) is 5.60 Å². The lowest BCUT2D eigenvalue weighted by Crippen LogP contribution is -2.45. The maximum Gasteiger partial charge on any atom is 0.411 e. The molecular weight excluding hydrogens is 312 g/mol. The number of hydrogen-bond donors (Lipinski definition) is 0. The molecule has 2 bridgehead atoms. The van der Waals surface area contributed by atoms with Gasteiger partial charge >= 0.3 is 6.09 Å². The fourth-order valence-corrected chi connectivity index (χ4v) is 3.91. The second-order valence-electron chi connectivity index (χ2n) is 7.99. The molecule has 2 aliphatic rings. The molecule has 4 rings (SSSR count). The Morgan fingerprint density at radius 3 is 2.84 bits per heavy atom. The average Bonchev–Trinajstić information content (AvgIpc) is 2.83. The van der Waals surface area contributed by atoms with E-state index in [1.54, 1.807) is 0 Å². The second-order valence-corrected chi connectivity index (χ2v) is 7.99. The summed E-state index contributed by atoms with van der Waals surface area (Å²) < 4.78 is 5.60. The van der Waals surface area contributed by atoms with Crippen LogP contribution in [0.5, 0.6) is 0 Å². The van der Waals surface area contributed by atoms with Gasteiger partial charge < -0.3 is 4.74 Å². The highest BCUT2D eigenvalue weighted by atomic mass is 16.6. The third-order valence-electron chi connectivity index (χ3n) is 4.98. The average molecular weight is 336 g/mol. The van der Waals surface area contributed by atoms with E-state index in [1.807, 2.05) is 37.9 Å². The molecule has 3 heterocycles. The molecule has 1 aromatic carbocycles. The number of fused-ring (bicyclic) bond motifs is 3. The number of hydrogen-bond acceptors (Lipinski definition) is 3. The van der Waals surface area contributed by atoms with E-state index in [0.29, 0.717) is 0 Å². The molecule has 2 unspecified atom stereocenters. The van der Waals surface area contributed by atoms with Gasteiger partial charge in [0.2, 0.25) is 0 Å². The number of amides is 1. The number of pyridine rings is 1. The smallest absolute Gasteiger partial charge is 0.411 e. The second kappa shape index (κ2) is 5.87. The molecule has 25 heavy (non-hydrogen) atoms. The summed E-state index contributed by atoms with van der Waals surface area (Å²) in [5, 5.41) is 1.15. The van der Waals surface area contributed by atoms with E-state index in [0.717, 1.165) is 30.2 Å². The number of aromatic nitrogens is 1. The number of ether oxygens (including phenoxy) is 1. The molecule has 1 aromatic heterocycles. The highest BCUT2D eigenvalue weighted by Crippen LogP contribution is 2.39. The topological polar surface area (TPSA) is 42.4 Å². The Morgan fingerprint density at radius 2 is 2.08 bits per heavy atom. The number of carbonyl (C=O) groups is 1. The number of rotatable bonds is 1. The lowest BCUT2D eigenvalue weighted by atomic mass is 9.94. The molecule has 2 aromatic rings. The van der Waals surface area contributed by atoms with Crippen molar-refractivity contribution in [2.45, 2.75) is 57.7 Å². The van der Waals surface area contributed by atoms with Crippen molar-refractivity contribution in [3.05, 3.63) is 48.2 Å². The molecule has 130 valence electrons. The van der Waals surface area contributed by atoms with E-state index >= 15 is 0 Å². The van der Waals surface area contributed by atoms with Crippen molar-refractivity contribution >= 4 is 22.6 Å². The summed E-state index contributed by atoms with van der Waals surface area (Å²) in [5.74, 6) is 0. The highest BCUT2D eigenvalue weighted by molar-refractivity contribution is 5.84. The Balaban J connectivity index is 1.61. The number of nitrogens with zero attached hydrogens (tertiary/aromatic N) is 2. The zero-order valence-electron chi connectivity index (χ0n) is 15.0. The Kier molecular flexibility index (Phi) is 3.78. The van der Waals surface area contributed by atoms with E-state index in [1.165, 1.54) is 11.1 Å². The van der Waals surface area contributed by atoms with Crippen molar-refractivity contribution in [2.75, 3.05) is 0 Å². The highest BCUT2D eigenvalue weighted by Gasteiger charge is 2.41. The third kappa shape index (κ3) is 3.13. The lowest BCUT2D eigenvalue weighted by molar-refractivity contribution is 0.0175. The molecule has 0 spiro atoms. The van der Waals surface area contributed by atoms with Crippen LogP contribution in [0.3, 0.4) is 0 Å². The van der Waals surface area contributed by atoms with Crippen molar-refractivity contribution < 1.29 is 9.53 Å². The molecule has 1 amide bonds. The van der Waals surface area contributed by atoms with E-state index in [2.05, 4.69) is 35.3 Å². The van der Waals surface area contributed by atoms with Crippen molar-refractivity contribution in [2.24, 2.45) is 0 Å². The molecule has 4 nitrogen and oxygen atoms in total. The Labute approximate surface area is 148 Å². The van der Waals surface area contributed by atoms with E-state index in [9.17, 15) is 4.79 Å². The van der Waals surface area contributed by atoms with Gasteiger partial charge in [0, 0.05) is 17.6 Å². The fraction of sp³-hybridized carbons (Fsp3) is 0.429. The van der Waals surface area contributed by atoms with Gasteiger partial charge in [0.25, 0.3) is 0 Å². The van der Waals surface area contributed by atoms with Gasteiger partial charge in [0.05, 0.1) is 11.6 Å². The summed E-state index contributed by atoms with van der Waals surface area (Å²) >= 11 is 0. The molecule has 0 aliphatic carbocycles. The maximum absolute atomic E-state index is 12.6. The first kappa shape index (κ1) is 16.1. The maximum atomic E-state index is 12.6. The monoisotopic (exact) mass is 336 g/mol. The van der Waals surface area contributed by atoms with Gasteiger partial charge in [-0.25, -0.2) is 4.79 Å². The van der Waals surface area contributed by atoms with Crippen LogP contribution in [0.2, 0.25) is 0 Å². The van der Waals surface area contributed by atoms with Gasteiger partial charge in [-0.1, -0.05) is 24.3 Å². The molecule has 2 aliphatic heterocycles. The van der Waals surface area contributed by atoms with Crippen LogP contribution >= 0.6 is 0 Å². The summed E-state index contributed by atoms with van der Waals surface area (Å²) in [6.45, 7) is 5.75. The first-order chi connectivity index (χ1) is 11.9. The summed E-state index contributed by atoms with van der Waals surface area (Å²) in [6, 6.07) is 10.9. The Bertz CT molecular complexity index is 850. The number of benzene rings is 1. The lowest BCUT2D eigenvalue weighted by Gasteiger charge is -2.35. The van der Waals surface area contributed by atoms with Crippen molar-refractivity contribution in [3.63, 3.8) is 0 Å². The minimum absolute atomic E-state index is 0.142. The zero-order chi connectivity index (χ0) is 17.6. The predicted octanol–water partition coefficient (Wildman–Crippen LogP) is 4.79. The van der Waals surface area contributed by atoms with Gasteiger partial charge in [-0.15, -0.1) is 0 Å². The molecular formula is C21H24N2O2. The molecule has 2 atom stereocenters. The number of carbonyl (C=O) groups excluding carboxylic acids is 1. The molecule has 1 fully saturated rings. The molecule has 0 radical (unpaired) electrons. The third-order valence-corrected chi connectivity index (χ3v) is 4.98. The van der Waals surface area contributed by atoms with Crippen molar-refractivity contribution in [1.29, 1.82) is 0 Å². The predicted molar refractivity (Wildman–Crippen MR) is 99.2 cm³/mol. The van der Waals surface area contributed by atoms with Gasteiger partial charge in [-0.05, 0) is 63.3 Å². The van der Waals surface area contributed by atoms with Gasteiger partial charge in [-0.2, -0.15) is 0 Å². The van der Waals surface area contributed by atoms with E-state index in [-0.39, 0.29) is 18.2 Å². The zero-order valence-corrected chi connectivity index (χ0v) is 15.0. The summed E-state index contributed by atoms with van der Waals surface area (Å²) in [7, 11) is 0. The Hall–Kier alpha value is -2.36. The standard InChI is InChI=1S/C21H24N2O2/c1-21(2,3)25-20(24)23-17-8-9-18(23)12-16(11-17)15-7-6-14-5-4-10-22-19(14)13-15/h4-7,10-11,13,17-18H,8-9,12H2,1-3H3. The first-order valence-electron chi connectivity index (χ1n) is 8.98. The Morgan fingerprint density at radius 1 is 1.24 bits per heavy atom. The van der Waals surface area contributed by atoms with Crippen LogP contribution in [0, 0.1) is 0 Å². The van der Waals surface area contributed by atoms with Crippen molar-refractivity contribution in [1.82, 2.24) is 9.88 Å². The van der Waals surface area contributed by atoms with E-state index in [4.69, 9.17) is 4.74 Å². The van der Waals surface area contributed by atoms with Crippen molar-refractivity contribution in [3.8, 4) is 0 Å². The van der Waals surface area contributed by atoms with Crippen LogP contribution in [-0.4, -0.2) is 33.7 Å². The molecule has 0 N–H and O–H groups in total. The first-order valence-corrected chi connectivity index (χ1v) is 8.98. The SMILES string of the molecule is CC(C)(C)OC(=O)N1C2C=C(c3ccc4cccnc4c3)CC1CC2. The minimum Gasteiger partial charge on any atom is -0.444 e. The summed E-state index contributed by atoms with van der Waals surface area (Å²) in [6.07, 6.45) is 6.83. The van der Waals surface area contributed by atoms with Gasteiger partial charge in [0.15, 0.2) is 0 Å². The van der Waals surface area contributed by atoms with Crippen LogP contribution in [0.25, 0.3) is 16.5 Å². The van der Waals surface area contributed by atoms with Crippen LogP contribution in [0.4, 0.5) is 4.79 Å². The molecule has 4 heteroatoms. The van der Waals surface area contributed by atoms with Crippen LogP contribution in [0.1, 0.15) is 45.6 Å². The molecule has 0 saturated carbocycles. The minimum atomic E-state index is -0.454. The molecule has 1 saturated heterocycles. The fourth-order valence-electron chi connectivity index (χ4n) is 3.91. The van der Waals surface area contributed by atoms with Crippen LogP contribution < -0.4 is 0 Å². The van der Waals surface area contributed by atoms with Crippen LogP contribution in [0.15, 0.2) is 42.6 Å². The van der Waals surface area contributed by atoms with Crippen LogP contribution in [-0.2, 0) is 4.74 Å². The van der Waals surface area contributed by atoms with E-state index < -0.39 is 5.60 Å². The van der Waals surface area contributed by atoms with Gasteiger partial charge in [-0.3, -0.25) is 9.88 Å². The quantitative estimate of drug-likeness (QED) is 0.752. The summed E-state index contributed by atoms with van der Waals surface area (Å²) in [4.78, 5) is 19.0. The normalized spacial score (nSPS) is 22.8. The summed E-state index contributed by atoms with van der Waals surface area (Å²) in [5.41, 5.74) is 3.10. The largest absolute Gasteiger partial charge is 0.444 e.